The van der Waals surface area contributed by atoms with Crippen LogP contribution in [-0.4, -0.2) is 4.57 Å². The zero-order valence-corrected chi connectivity index (χ0v) is 31.5. The number of rotatable bonds is 6. The molecule has 3 nitrogen and oxygen atoms in total. The number of para-hydroxylation sites is 4. The van der Waals surface area contributed by atoms with E-state index in [0.717, 1.165) is 66.1 Å². The van der Waals surface area contributed by atoms with Gasteiger partial charge < -0.3 is 13.9 Å². The maximum absolute atomic E-state index is 9.56. The number of hydrogen-bond donors (Lipinski definition) is 0. The first kappa shape index (κ1) is 26.9. The molecule has 0 aliphatic heterocycles. The van der Waals surface area contributed by atoms with Crippen LogP contribution in [0.2, 0.25) is 0 Å². The summed E-state index contributed by atoms with van der Waals surface area (Å²) in [4.78, 5) is 1.80. The van der Waals surface area contributed by atoms with Crippen molar-refractivity contribution in [2.75, 3.05) is 4.90 Å². The lowest BCUT2D eigenvalue weighted by Crippen LogP contribution is -2.11. The highest BCUT2D eigenvalue weighted by Crippen LogP contribution is 2.47. The maximum atomic E-state index is 9.56. The second-order valence-corrected chi connectivity index (χ2v) is 14.7. The van der Waals surface area contributed by atoms with E-state index in [1.807, 2.05) is 78.9 Å². The molecule has 3 heteroatoms. The molecular formula is C56H36N2O. The molecule has 0 N–H and O–H groups in total. The lowest BCUT2D eigenvalue weighted by atomic mass is 9.98. The molecule has 0 unspecified atom stereocenters. The molecule has 0 spiro atoms. The second kappa shape index (κ2) is 13.4. The van der Waals surface area contributed by atoms with E-state index >= 15 is 0 Å². The maximum Gasteiger partial charge on any atom is 0.143 e. The van der Waals surface area contributed by atoms with Crippen molar-refractivity contribution in [1.29, 1.82) is 0 Å². The van der Waals surface area contributed by atoms with Gasteiger partial charge in [-0.25, -0.2) is 0 Å². The van der Waals surface area contributed by atoms with Crippen LogP contribution in [0.4, 0.5) is 17.1 Å². The number of furan rings is 1. The van der Waals surface area contributed by atoms with Crippen molar-refractivity contribution in [3.8, 4) is 27.9 Å². The van der Waals surface area contributed by atoms with E-state index in [-0.39, 0.29) is 22.5 Å². The van der Waals surface area contributed by atoms with E-state index < -0.39 is 36.3 Å². The molecule has 0 bridgehead atoms. The summed E-state index contributed by atoms with van der Waals surface area (Å²) in [7, 11) is 0. The topological polar surface area (TPSA) is 21.3 Å². The molecule has 0 amide bonds. The number of anilines is 3. The van der Waals surface area contributed by atoms with Crippen LogP contribution in [0.1, 0.15) is 9.60 Å². The molecule has 2 aromatic heterocycles. The van der Waals surface area contributed by atoms with Gasteiger partial charge in [-0.05, 0) is 76.5 Å². The molecule has 0 saturated heterocycles. The zero-order valence-electron chi connectivity index (χ0n) is 38.5. The second-order valence-electron chi connectivity index (χ2n) is 14.7. The van der Waals surface area contributed by atoms with Crippen molar-refractivity contribution in [3.05, 3.63) is 218 Å². The molecule has 12 rings (SSSR count). The van der Waals surface area contributed by atoms with Crippen molar-refractivity contribution in [3.63, 3.8) is 0 Å². The molecule has 59 heavy (non-hydrogen) atoms. The first-order chi connectivity index (χ1) is 32.2. The molecule has 10 aromatic carbocycles. The monoisotopic (exact) mass is 759 g/mol. The average Bonchev–Trinajstić information content (AvgIpc) is 3.92. The van der Waals surface area contributed by atoms with Gasteiger partial charge in [0.1, 0.15) is 11.2 Å². The van der Waals surface area contributed by atoms with Gasteiger partial charge in [-0.1, -0.05) is 164 Å². The fourth-order valence-corrected chi connectivity index (χ4v) is 8.82. The number of benzene rings is 10. The Hall–Kier alpha value is -7.88. The minimum Gasteiger partial charge on any atom is -0.455 e. The van der Waals surface area contributed by atoms with Gasteiger partial charge in [-0.15, -0.1) is 0 Å². The molecule has 0 atom stereocenters. The summed E-state index contributed by atoms with van der Waals surface area (Å²) in [5.41, 5.74) is 9.27. The van der Waals surface area contributed by atoms with Gasteiger partial charge in [-0.3, -0.25) is 0 Å². The standard InChI is InChI=1S/C56H36N2O/c1-3-19-43-38(14-1)16-12-29-51(43)57(54-28-10-7-23-47(54)48-24-13-25-49-50-35-32-39-15-2-4-20-44(39)55(50)59-56(48)49)41-33-30-37(31-34-41)40-17-11-18-42(36-40)58-52-26-8-5-21-45(52)46-22-6-9-27-53(46)58/h1-36H/i1D,3D,12D,14D,16D,19D,29D. The zero-order chi connectivity index (χ0) is 45.0. The number of fused-ring (bicyclic) bond motifs is 9. The van der Waals surface area contributed by atoms with Gasteiger partial charge in [0.2, 0.25) is 0 Å². The van der Waals surface area contributed by atoms with Gasteiger partial charge in [0.15, 0.2) is 0 Å². The Labute approximate surface area is 351 Å². The van der Waals surface area contributed by atoms with Crippen LogP contribution in [0, 0.1) is 0 Å². The fourth-order valence-electron chi connectivity index (χ4n) is 8.82. The van der Waals surface area contributed by atoms with E-state index in [1.165, 1.54) is 10.8 Å². The molecule has 0 aliphatic rings. The highest BCUT2D eigenvalue weighted by molar-refractivity contribution is 6.18. The normalized spacial score (nSPS) is 13.4. The molecule has 12 aromatic rings. The summed E-state index contributed by atoms with van der Waals surface area (Å²) >= 11 is 0. The minimum absolute atomic E-state index is 0.0156. The van der Waals surface area contributed by atoms with Crippen molar-refractivity contribution in [1.82, 2.24) is 4.57 Å². The first-order valence-electron chi connectivity index (χ1n) is 23.1. The summed E-state index contributed by atoms with van der Waals surface area (Å²) in [5.74, 6) is 0. The quantitative estimate of drug-likeness (QED) is 0.168. The predicted molar refractivity (Wildman–Crippen MR) is 249 cm³/mol. The van der Waals surface area contributed by atoms with Gasteiger partial charge >= 0.3 is 0 Å². The smallest absolute Gasteiger partial charge is 0.143 e. The van der Waals surface area contributed by atoms with Gasteiger partial charge in [0.05, 0.1) is 32.0 Å². The summed E-state index contributed by atoms with van der Waals surface area (Å²) in [6.45, 7) is 0. The summed E-state index contributed by atoms with van der Waals surface area (Å²) < 4.78 is 72.2. The number of aromatic nitrogens is 1. The van der Waals surface area contributed by atoms with E-state index in [9.17, 15) is 2.74 Å². The van der Waals surface area contributed by atoms with Crippen LogP contribution in [0.5, 0.6) is 0 Å². The molecule has 2 heterocycles. The van der Waals surface area contributed by atoms with Crippen molar-refractivity contribution >= 4 is 82.4 Å². The van der Waals surface area contributed by atoms with Crippen LogP contribution in [0.15, 0.2) is 223 Å². The fraction of sp³-hybridized carbons (Fsp3) is 0. The lowest BCUT2D eigenvalue weighted by Gasteiger charge is -2.29. The Morgan fingerprint density at radius 2 is 1.07 bits per heavy atom. The summed E-state index contributed by atoms with van der Waals surface area (Å²) in [6, 6.07) is 56.0. The first-order valence-corrected chi connectivity index (χ1v) is 19.6. The number of hydrogen-bond acceptors (Lipinski definition) is 2. The van der Waals surface area contributed by atoms with Crippen LogP contribution in [-0.2, 0) is 0 Å². The van der Waals surface area contributed by atoms with E-state index in [1.54, 1.807) is 4.90 Å². The van der Waals surface area contributed by atoms with Crippen LogP contribution < -0.4 is 4.90 Å². The summed E-state index contributed by atoms with van der Waals surface area (Å²) in [6.07, 6.45) is 0. The Morgan fingerprint density at radius 3 is 1.92 bits per heavy atom. The molecule has 0 saturated carbocycles. The molecule has 0 fully saturated rings. The van der Waals surface area contributed by atoms with Crippen LogP contribution in [0.3, 0.4) is 0 Å². The Morgan fingerprint density at radius 1 is 0.407 bits per heavy atom. The molecule has 276 valence electrons. The van der Waals surface area contributed by atoms with Gasteiger partial charge in [0.25, 0.3) is 0 Å². The highest BCUT2D eigenvalue weighted by Gasteiger charge is 2.22. The third kappa shape index (κ3) is 5.29. The highest BCUT2D eigenvalue weighted by atomic mass is 16.3. The van der Waals surface area contributed by atoms with Gasteiger partial charge in [0, 0.05) is 54.8 Å². The Bertz CT molecular complexity index is 3930. The minimum atomic E-state index is -0.507. The van der Waals surface area contributed by atoms with Crippen molar-refractivity contribution in [2.24, 2.45) is 0 Å². The molecular weight excluding hydrogens is 717 g/mol. The van der Waals surface area contributed by atoms with Crippen molar-refractivity contribution in [2.45, 2.75) is 0 Å². The van der Waals surface area contributed by atoms with E-state index in [4.69, 9.17) is 11.3 Å². The summed E-state index contributed by atoms with van der Waals surface area (Å²) in [5, 5.41) is 6.16. The van der Waals surface area contributed by atoms with Crippen molar-refractivity contribution < 1.29 is 14.0 Å². The number of nitrogens with zero attached hydrogens (tertiary/aromatic N) is 2. The van der Waals surface area contributed by atoms with Crippen LogP contribution in [0.25, 0.3) is 93.2 Å². The third-order valence-corrected chi connectivity index (χ3v) is 11.5. The third-order valence-electron chi connectivity index (χ3n) is 11.5. The average molecular weight is 760 g/mol. The largest absolute Gasteiger partial charge is 0.455 e. The molecule has 0 aliphatic carbocycles. The molecule has 0 radical (unpaired) electrons. The van der Waals surface area contributed by atoms with Crippen LogP contribution >= 0.6 is 0 Å². The Balaban J connectivity index is 1.08. The predicted octanol–water partition coefficient (Wildman–Crippen LogP) is 15.8. The SMILES string of the molecule is [2H]c1c([2H])c([2H])c2c(N(c3ccc(-c4cccc(-n5c6ccccc6c6ccccc65)c4)cc3)c3ccccc3-c3cccc4c3oc3c5ccccc5ccc43)c([2H])c([2H])c([2H])c2c1[2H]. The van der Waals surface area contributed by atoms with E-state index in [2.05, 4.69) is 102 Å². The van der Waals surface area contributed by atoms with E-state index in [0.29, 0.717) is 17.0 Å². The van der Waals surface area contributed by atoms with Gasteiger partial charge in [-0.2, -0.15) is 0 Å². The lowest BCUT2D eigenvalue weighted by molar-refractivity contribution is 0.674. The Kier molecular flexibility index (Phi) is 6.09.